The van der Waals surface area contributed by atoms with Crippen LogP contribution in [0, 0.1) is 0 Å². The van der Waals surface area contributed by atoms with Crippen LogP contribution < -0.4 is 10.6 Å². The van der Waals surface area contributed by atoms with Gasteiger partial charge in [0.2, 0.25) is 5.91 Å². The maximum Gasteiger partial charge on any atom is 0.417 e. The molecule has 0 spiro atoms. The molecule has 0 radical (unpaired) electrons. The van der Waals surface area contributed by atoms with Crippen molar-refractivity contribution in [3.05, 3.63) is 58.1 Å². The number of aliphatic hydroxyl groups is 1. The Morgan fingerprint density at radius 2 is 2.04 bits per heavy atom. The lowest BCUT2D eigenvalue weighted by atomic mass is 9.88. The molecule has 0 bridgehead atoms. The largest absolute Gasteiger partial charge is 0.417 e. The number of halogens is 4. The van der Waals surface area contributed by atoms with Crippen LogP contribution >= 0.6 is 11.6 Å². The van der Waals surface area contributed by atoms with Crippen molar-refractivity contribution in [2.75, 3.05) is 17.2 Å². The summed E-state index contributed by atoms with van der Waals surface area (Å²) in [6.07, 6.45) is -3.12. The molecule has 1 aliphatic rings. The first kappa shape index (κ1) is 19.5. The van der Waals surface area contributed by atoms with Gasteiger partial charge in [-0.05, 0) is 48.2 Å². The molecular formula is C19H18ClF3N2O2. The third-order valence-corrected chi connectivity index (χ3v) is 4.79. The van der Waals surface area contributed by atoms with Crippen molar-refractivity contribution in [2.24, 2.45) is 0 Å². The highest BCUT2D eigenvalue weighted by Crippen LogP contribution is 2.36. The lowest BCUT2D eigenvalue weighted by molar-refractivity contribution is -0.137. The van der Waals surface area contributed by atoms with Gasteiger partial charge in [-0.1, -0.05) is 23.7 Å². The highest BCUT2D eigenvalue weighted by atomic mass is 35.5. The fourth-order valence-electron chi connectivity index (χ4n) is 3.12. The Balaban J connectivity index is 1.66. The van der Waals surface area contributed by atoms with Gasteiger partial charge in [-0.2, -0.15) is 13.2 Å². The number of anilines is 2. The summed E-state index contributed by atoms with van der Waals surface area (Å²) in [7, 11) is 0. The number of aryl methyl sites for hydroxylation is 1. The number of aliphatic hydroxyl groups excluding tert-OH is 1. The predicted molar refractivity (Wildman–Crippen MR) is 98.0 cm³/mol. The van der Waals surface area contributed by atoms with Crippen molar-refractivity contribution < 1.29 is 23.1 Å². The van der Waals surface area contributed by atoms with E-state index < -0.39 is 28.8 Å². The van der Waals surface area contributed by atoms with E-state index in [1.165, 1.54) is 6.07 Å². The van der Waals surface area contributed by atoms with Crippen LogP contribution in [-0.4, -0.2) is 23.7 Å². The van der Waals surface area contributed by atoms with E-state index in [1.807, 2.05) is 12.1 Å². The van der Waals surface area contributed by atoms with Gasteiger partial charge in [-0.15, -0.1) is 0 Å². The van der Waals surface area contributed by atoms with E-state index in [0.717, 1.165) is 29.7 Å². The number of nitrogens with one attached hydrogen (secondary N) is 2. The molecule has 1 atom stereocenters. The number of fused-ring (bicyclic) bond motifs is 1. The second-order valence-electron chi connectivity index (χ2n) is 6.43. The maximum atomic E-state index is 12.9. The lowest BCUT2D eigenvalue weighted by Crippen LogP contribution is -2.25. The van der Waals surface area contributed by atoms with E-state index >= 15 is 0 Å². The topological polar surface area (TPSA) is 61.4 Å². The first-order valence-corrected chi connectivity index (χ1v) is 8.81. The van der Waals surface area contributed by atoms with Crippen molar-refractivity contribution >= 4 is 28.9 Å². The summed E-state index contributed by atoms with van der Waals surface area (Å²) in [6, 6.07) is 8.93. The van der Waals surface area contributed by atoms with Crippen molar-refractivity contribution in [3.63, 3.8) is 0 Å². The molecule has 4 nitrogen and oxygen atoms in total. The Labute approximate surface area is 159 Å². The second-order valence-corrected chi connectivity index (χ2v) is 6.84. The number of alkyl halides is 3. The highest BCUT2D eigenvalue weighted by Gasteiger charge is 2.33. The average Bonchev–Trinajstić information content (AvgIpc) is 2.60. The lowest BCUT2D eigenvalue weighted by Gasteiger charge is -2.23. The van der Waals surface area contributed by atoms with E-state index in [0.29, 0.717) is 18.5 Å². The Bertz CT molecular complexity index is 855. The van der Waals surface area contributed by atoms with Crippen molar-refractivity contribution in [3.8, 4) is 0 Å². The Hall–Kier alpha value is -2.25. The van der Waals surface area contributed by atoms with Gasteiger partial charge >= 0.3 is 6.18 Å². The Morgan fingerprint density at radius 3 is 2.78 bits per heavy atom. The zero-order valence-electron chi connectivity index (χ0n) is 14.2. The molecule has 0 saturated heterocycles. The van der Waals surface area contributed by atoms with Crippen molar-refractivity contribution in [1.82, 2.24) is 0 Å². The Kier molecular flexibility index (Phi) is 5.62. The van der Waals surface area contributed by atoms with Gasteiger partial charge in [0.15, 0.2) is 0 Å². The molecule has 0 aromatic heterocycles. The van der Waals surface area contributed by atoms with Crippen molar-refractivity contribution in [2.45, 2.75) is 31.5 Å². The maximum absolute atomic E-state index is 12.9. The number of rotatable bonds is 4. The second kappa shape index (κ2) is 7.78. The van der Waals surface area contributed by atoms with Crippen LogP contribution in [0.3, 0.4) is 0 Å². The minimum absolute atomic E-state index is 0.146. The number of carbonyl (C=O) groups excluding carboxylic acids is 1. The number of hydrogen-bond acceptors (Lipinski definition) is 3. The molecule has 2 aromatic rings. The molecule has 3 N–H and O–H groups in total. The van der Waals surface area contributed by atoms with E-state index in [4.69, 9.17) is 11.6 Å². The third-order valence-electron chi connectivity index (χ3n) is 4.46. The molecule has 2 aromatic carbocycles. The number of hydrogen-bond donors (Lipinski definition) is 3. The molecule has 0 fully saturated rings. The molecule has 3 rings (SSSR count). The van der Waals surface area contributed by atoms with E-state index in [1.54, 1.807) is 6.07 Å². The number of amides is 1. The van der Waals surface area contributed by atoms with Gasteiger partial charge in [0.1, 0.15) is 0 Å². The summed E-state index contributed by atoms with van der Waals surface area (Å²) >= 11 is 5.58. The first-order valence-electron chi connectivity index (χ1n) is 8.43. The zero-order chi connectivity index (χ0) is 19.6. The quantitative estimate of drug-likeness (QED) is 0.721. The minimum Gasteiger partial charge on any atom is -0.393 e. The van der Waals surface area contributed by atoms with Crippen molar-refractivity contribution in [1.29, 1.82) is 0 Å². The summed E-state index contributed by atoms with van der Waals surface area (Å²) < 4.78 is 38.7. The van der Waals surface area contributed by atoms with E-state index in [-0.39, 0.29) is 12.2 Å². The highest BCUT2D eigenvalue weighted by molar-refractivity contribution is 6.31. The summed E-state index contributed by atoms with van der Waals surface area (Å²) in [4.78, 5) is 12.2. The fraction of sp³-hybridized carbons (Fsp3) is 0.316. The van der Waals surface area contributed by atoms with Crippen LogP contribution in [0.2, 0.25) is 5.02 Å². The standard InChI is InChI=1S/C19H18ClF3N2O2/c20-16-7-5-12(8-15(16)19(21,22)23)24-10-18(27)25-17-3-1-2-11-4-6-13(26)9-14(11)17/h1-3,5,7-8,13,24,26H,4,6,9-10H2,(H,25,27). The zero-order valence-corrected chi connectivity index (χ0v) is 15.0. The molecular weight excluding hydrogens is 381 g/mol. The molecule has 144 valence electrons. The molecule has 27 heavy (non-hydrogen) atoms. The normalized spacial score (nSPS) is 16.6. The monoisotopic (exact) mass is 398 g/mol. The van der Waals surface area contributed by atoms with Gasteiger partial charge in [0.25, 0.3) is 0 Å². The molecule has 1 unspecified atom stereocenters. The van der Waals surface area contributed by atoms with Crippen LogP contribution in [0.4, 0.5) is 24.5 Å². The molecule has 1 amide bonds. The van der Waals surface area contributed by atoms with E-state index in [2.05, 4.69) is 10.6 Å². The summed E-state index contributed by atoms with van der Waals surface area (Å²) in [5.41, 5.74) is 1.78. The summed E-state index contributed by atoms with van der Waals surface area (Å²) in [5.74, 6) is -0.396. The molecule has 1 aliphatic carbocycles. The van der Waals surface area contributed by atoms with Crippen LogP contribution in [-0.2, 0) is 23.8 Å². The first-order chi connectivity index (χ1) is 12.7. The molecule has 0 saturated carbocycles. The number of benzene rings is 2. The van der Waals surface area contributed by atoms with E-state index in [9.17, 15) is 23.1 Å². The molecule has 0 heterocycles. The smallest absolute Gasteiger partial charge is 0.393 e. The van der Waals surface area contributed by atoms with Crippen LogP contribution in [0.1, 0.15) is 23.1 Å². The average molecular weight is 399 g/mol. The Morgan fingerprint density at radius 1 is 1.26 bits per heavy atom. The van der Waals surface area contributed by atoms with Crippen LogP contribution in [0.5, 0.6) is 0 Å². The number of carbonyl (C=O) groups is 1. The van der Waals surface area contributed by atoms with Crippen LogP contribution in [0.25, 0.3) is 0 Å². The van der Waals surface area contributed by atoms with Gasteiger partial charge < -0.3 is 15.7 Å². The minimum atomic E-state index is -4.57. The summed E-state index contributed by atoms with van der Waals surface area (Å²) in [6.45, 7) is -0.203. The van der Waals surface area contributed by atoms with Gasteiger partial charge in [0.05, 0.1) is 23.2 Å². The summed E-state index contributed by atoms with van der Waals surface area (Å²) in [5, 5.41) is 14.9. The van der Waals surface area contributed by atoms with Gasteiger partial charge in [-0.3, -0.25) is 4.79 Å². The van der Waals surface area contributed by atoms with Gasteiger partial charge in [0, 0.05) is 17.8 Å². The van der Waals surface area contributed by atoms with Crippen LogP contribution in [0.15, 0.2) is 36.4 Å². The molecule has 8 heteroatoms. The SMILES string of the molecule is O=C(CNc1ccc(Cl)c(C(F)(F)F)c1)Nc1cccc2c1CC(O)CC2. The fourth-order valence-corrected chi connectivity index (χ4v) is 3.34. The van der Waals surface area contributed by atoms with Gasteiger partial charge in [-0.25, -0.2) is 0 Å². The predicted octanol–water partition coefficient (Wildman–Crippen LogP) is 4.26. The molecule has 0 aliphatic heterocycles. The third kappa shape index (κ3) is 4.73.